The van der Waals surface area contributed by atoms with Gasteiger partial charge in [0.1, 0.15) is 19.0 Å². The van der Waals surface area contributed by atoms with Crippen molar-refractivity contribution in [2.45, 2.75) is 6.54 Å². The lowest BCUT2D eigenvalue weighted by molar-refractivity contribution is 0.253. The van der Waals surface area contributed by atoms with Gasteiger partial charge in [-0.05, 0) is 17.7 Å². The predicted octanol–water partition coefficient (Wildman–Crippen LogP) is 1.60. The predicted molar refractivity (Wildman–Crippen MR) is 72.2 cm³/mol. The van der Waals surface area contributed by atoms with E-state index in [-0.39, 0.29) is 6.03 Å². The summed E-state index contributed by atoms with van der Waals surface area (Å²) in [5.41, 5.74) is 1.75. The molecule has 20 heavy (non-hydrogen) atoms. The number of carbonyl (C=O) groups is 1. The maximum Gasteiger partial charge on any atom is 0.331 e. The Kier molecular flexibility index (Phi) is 3.24. The second-order valence-electron chi connectivity index (χ2n) is 4.19. The topological polar surface area (TPSA) is 77.6 Å². The monoisotopic (exact) mass is 268 g/mol. The first kappa shape index (κ1) is 12.1. The fourth-order valence-corrected chi connectivity index (χ4v) is 1.82. The molecule has 3 rings (SSSR count). The van der Waals surface area contributed by atoms with Crippen LogP contribution in [0.1, 0.15) is 5.56 Å². The molecule has 0 unspecified atom stereocenters. The van der Waals surface area contributed by atoms with Crippen molar-refractivity contribution in [3.8, 4) is 0 Å². The molecule has 0 fully saturated rings. The average Bonchev–Trinajstić information content (AvgIpc) is 3.12. The maximum atomic E-state index is 11.9. The lowest BCUT2D eigenvalue weighted by Crippen LogP contribution is -2.17. The molecule has 0 bridgehead atoms. The first-order valence-corrected chi connectivity index (χ1v) is 6.02. The van der Waals surface area contributed by atoms with Crippen LogP contribution in [-0.2, 0) is 6.54 Å². The van der Waals surface area contributed by atoms with Crippen molar-refractivity contribution in [1.82, 2.24) is 24.3 Å². The number of nitrogens with zero attached hydrogens (tertiary/aromatic N) is 5. The summed E-state index contributed by atoms with van der Waals surface area (Å²) in [5, 5.41) is 6.85. The van der Waals surface area contributed by atoms with Gasteiger partial charge in [-0.3, -0.25) is 4.57 Å². The van der Waals surface area contributed by atoms with Gasteiger partial charge in [-0.15, -0.1) is 0 Å². The number of benzene rings is 1. The van der Waals surface area contributed by atoms with Crippen molar-refractivity contribution >= 4 is 11.7 Å². The minimum Gasteiger partial charge on any atom is -0.307 e. The molecule has 1 N–H and O–H groups in total. The van der Waals surface area contributed by atoms with Crippen LogP contribution in [0.25, 0.3) is 0 Å². The molecule has 2 aromatic heterocycles. The molecule has 3 aromatic rings. The summed E-state index contributed by atoms with van der Waals surface area (Å²) in [4.78, 5) is 19.6. The van der Waals surface area contributed by atoms with E-state index in [1.54, 1.807) is 23.4 Å². The Morgan fingerprint density at radius 3 is 2.95 bits per heavy atom. The molecule has 0 atom stereocenters. The zero-order valence-corrected chi connectivity index (χ0v) is 10.5. The molecule has 0 aliphatic heterocycles. The zero-order chi connectivity index (χ0) is 13.8. The Balaban J connectivity index is 1.73. The third kappa shape index (κ3) is 2.72. The van der Waals surface area contributed by atoms with Crippen LogP contribution in [0.15, 0.2) is 55.6 Å². The lowest BCUT2D eigenvalue weighted by atomic mass is 10.2. The summed E-state index contributed by atoms with van der Waals surface area (Å²) in [7, 11) is 0. The van der Waals surface area contributed by atoms with E-state index in [1.165, 1.54) is 17.2 Å². The van der Waals surface area contributed by atoms with Crippen LogP contribution >= 0.6 is 0 Å². The van der Waals surface area contributed by atoms with Crippen molar-refractivity contribution in [2.24, 2.45) is 0 Å². The van der Waals surface area contributed by atoms with E-state index in [4.69, 9.17) is 0 Å². The largest absolute Gasteiger partial charge is 0.331 e. The summed E-state index contributed by atoms with van der Waals surface area (Å²) in [5.74, 6) is 0. The summed E-state index contributed by atoms with van der Waals surface area (Å²) >= 11 is 0. The second-order valence-corrected chi connectivity index (χ2v) is 4.19. The molecule has 0 radical (unpaired) electrons. The Morgan fingerprint density at radius 1 is 1.25 bits per heavy atom. The minimum absolute atomic E-state index is 0.250. The van der Waals surface area contributed by atoms with Crippen molar-refractivity contribution in [3.63, 3.8) is 0 Å². The molecule has 2 heterocycles. The highest BCUT2D eigenvalue weighted by Crippen LogP contribution is 2.12. The minimum atomic E-state index is -0.250. The van der Waals surface area contributed by atoms with E-state index in [1.807, 2.05) is 24.3 Å². The number of anilines is 1. The molecule has 100 valence electrons. The highest BCUT2D eigenvalue weighted by molar-refractivity contribution is 5.90. The number of nitrogens with one attached hydrogen (secondary N) is 1. The molecule has 0 aliphatic carbocycles. The molecular formula is C13H12N6O. The number of aromatic nitrogens is 5. The van der Waals surface area contributed by atoms with Crippen LogP contribution in [0.4, 0.5) is 10.5 Å². The Labute approximate surface area is 114 Å². The SMILES string of the molecule is O=C(Nc1cccc(Cn2cncn2)c1)n1ccnc1. The fraction of sp³-hybridized carbons (Fsp3) is 0.0769. The number of carbonyl (C=O) groups excluding carboxylic acids is 1. The first-order chi connectivity index (χ1) is 9.81. The van der Waals surface area contributed by atoms with E-state index >= 15 is 0 Å². The van der Waals surface area contributed by atoms with E-state index in [0.29, 0.717) is 6.54 Å². The maximum absolute atomic E-state index is 11.9. The van der Waals surface area contributed by atoms with Gasteiger partial charge in [-0.1, -0.05) is 12.1 Å². The quantitative estimate of drug-likeness (QED) is 0.782. The summed E-state index contributed by atoms with van der Waals surface area (Å²) in [6, 6.07) is 7.33. The van der Waals surface area contributed by atoms with Crippen LogP contribution in [-0.4, -0.2) is 30.3 Å². The van der Waals surface area contributed by atoms with E-state index < -0.39 is 0 Å². The molecule has 7 nitrogen and oxygen atoms in total. The highest BCUT2D eigenvalue weighted by Gasteiger charge is 2.04. The zero-order valence-electron chi connectivity index (χ0n) is 10.5. The Morgan fingerprint density at radius 2 is 2.20 bits per heavy atom. The van der Waals surface area contributed by atoms with Gasteiger partial charge in [0.05, 0.1) is 6.54 Å². The van der Waals surface area contributed by atoms with Crippen molar-refractivity contribution in [1.29, 1.82) is 0 Å². The van der Waals surface area contributed by atoms with Gasteiger partial charge in [0.15, 0.2) is 0 Å². The van der Waals surface area contributed by atoms with Crippen molar-refractivity contribution < 1.29 is 4.79 Å². The van der Waals surface area contributed by atoms with Crippen LogP contribution in [0.3, 0.4) is 0 Å². The van der Waals surface area contributed by atoms with Crippen molar-refractivity contribution in [2.75, 3.05) is 5.32 Å². The molecular weight excluding hydrogens is 256 g/mol. The third-order valence-electron chi connectivity index (χ3n) is 2.73. The molecule has 1 amide bonds. The van der Waals surface area contributed by atoms with Gasteiger partial charge >= 0.3 is 6.03 Å². The number of hydrogen-bond acceptors (Lipinski definition) is 4. The average molecular weight is 268 g/mol. The van der Waals surface area contributed by atoms with Gasteiger partial charge in [0, 0.05) is 18.1 Å². The number of imidazole rings is 1. The van der Waals surface area contributed by atoms with Crippen LogP contribution < -0.4 is 5.32 Å². The summed E-state index contributed by atoms with van der Waals surface area (Å²) in [6.45, 7) is 0.606. The second kappa shape index (κ2) is 5.35. The number of hydrogen-bond donors (Lipinski definition) is 1. The third-order valence-corrected chi connectivity index (χ3v) is 2.73. The molecule has 0 saturated carbocycles. The Bertz CT molecular complexity index is 689. The van der Waals surface area contributed by atoms with Crippen LogP contribution in [0.5, 0.6) is 0 Å². The smallest absolute Gasteiger partial charge is 0.307 e. The molecule has 7 heteroatoms. The molecule has 0 aliphatic rings. The fourth-order valence-electron chi connectivity index (χ4n) is 1.82. The van der Waals surface area contributed by atoms with Crippen LogP contribution in [0, 0.1) is 0 Å². The number of amides is 1. The Hall–Kier alpha value is -2.96. The van der Waals surface area contributed by atoms with Crippen molar-refractivity contribution in [3.05, 3.63) is 61.2 Å². The van der Waals surface area contributed by atoms with E-state index in [9.17, 15) is 4.79 Å². The standard InChI is InChI=1S/C13H12N6O/c20-13(18-5-4-14-9-18)17-12-3-1-2-11(6-12)7-19-10-15-8-16-19/h1-6,8-10H,7H2,(H,17,20). The van der Waals surface area contributed by atoms with Gasteiger partial charge in [-0.25, -0.2) is 19.4 Å². The highest BCUT2D eigenvalue weighted by atomic mass is 16.2. The van der Waals surface area contributed by atoms with Gasteiger partial charge in [0.2, 0.25) is 0 Å². The van der Waals surface area contributed by atoms with Gasteiger partial charge < -0.3 is 5.32 Å². The first-order valence-electron chi connectivity index (χ1n) is 6.02. The number of rotatable bonds is 3. The normalized spacial score (nSPS) is 10.4. The molecule has 0 spiro atoms. The van der Waals surface area contributed by atoms with Gasteiger partial charge in [0.25, 0.3) is 0 Å². The summed E-state index contributed by atoms with van der Waals surface area (Å²) in [6.07, 6.45) is 7.74. The summed E-state index contributed by atoms with van der Waals surface area (Å²) < 4.78 is 3.10. The molecule has 1 aromatic carbocycles. The van der Waals surface area contributed by atoms with E-state index in [2.05, 4.69) is 20.4 Å². The lowest BCUT2D eigenvalue weighted by Gasteiger charge is -2.07. The van der Waals surface area contributed by atoms with Gasteiger partial charge in [-0.2, -0.15) is 5.10 Å². The molecule has 0 saturated heterocycles. The van der Waals surface area contributed by atoms with Crippen LogP contribution in [0.2, 0.25) is 0 Å². The van der Waals surface area contributed by atoms with E-state index in [0.717, 1.165) is 11.3 Å².